The molecule has 0 aliphatic carbocycles. The molecule has 0 heterocycles. The topological polar surface area (TPSA) is 24.7 Å². The number of aryl methyl sites for hydroxylation is 2. The van der Waals surface area contributed by atoms with Crippen molar-refractivity contribution in [3.05, 3.63) is 59.7 Å². The first-order valence-corrected chi connectivity index (χ1v) is 21.7. The maximum absolute atomic E-state index is 5.09. The third kappa shape index (κ3) is 16.3. The number of rotatable bonds is 16. The Morgan fingerprint density at radius 3 is 1.78 bits per heavy atom. The van der Waals surface area contributed by atoms with E-state index in [-0.39, 0.29) is 16.5 Å². The Bertz CT molecular complexity index is 971. The van der Waals surface area contributed by atoms with Crippen molar-refractivity contribution in [2.45, 2.75) is 116 Å². The van der Waals surface area contributed by atoms with Gasteiger partial charge >= 0.3 is 0 Å². The zero-order chi connectivity index (χ0) is 26.4. The van der Waals surface area contributed by atoms with Crippen LogP contribution in [0.2, 0.25) is 51.4 Å². The number of unbranched alkanes of at least 4 members (excludes halogenated alkanes) is 5. The van der Waals surface area contributed by atoms with Gasteiger partial charge in [-0.1, -0.05) is 115 Å². The first kappa shape index (κ1) is 33.7. The van der Waals surface area contributed by atoms with Gasteiger partial charge in [-0.05, 0) is 61.1 Å². The Morgan fingerprint density at radius 2 is 1.22 bits per heavy atom. The van der Waals surface area contributed by atoms with Crippen molar-refractivity contribution < 1.29 is 16.5 Å². The van der Waals surface area contributed by atoms with Gasteiger partial charge in [0.25, 0.3) is 0 Å². The van der Waals surface area contributed by atoms with Gasteiger partial charge in [-0.3, -0.25) is 9.98 Å². The molecule has 0 saturated heterocycles. The van der Waals surface area contributed by atoms with E-state index >= 15 is 0 Å². The Morgan fingerprint density at radius 1 is 0.703 bits per heavy atom. The summed E-state index contributed by atoms with van der Waals surface area (Å²) in [4.78, 5) is 9.98. The summed E-state index contributed by atoms with van der Waals surface area (Å²) in [5, 5.41) is 0. The van der Waals surface area contributed by atoms with Gasteiger partial charge in [0, 0.05) is 38.9 Å². The minimum atomic E-state index is -1.05. The first-order valence-electron chi connectivity index (χ1n) is 14.3. The molecule has 0 aromatic heterocycles. The number of hydrogen-bond donors (Lipinski definition) is 0. The molecule has 0 unspecified atom stereocenters. The Hall–Kier alpha value is -1.29. The standard InChI is InChI=1S/C32H52N2Si2.Ni/c1-8-9-10-11-12-13-18-32(34-31-20-15-17-29(26-31)22-24-36(5,6)7)27-33-30-19-14-16-28(25-30)21-23-35(2,3)4;/h14-17,19-20,25-27H,8-13,18,21-24H2,1-7H3;. The van der Waals surface area contributed by atoms with E-state index in [0.717, 1.165) is 36.3 Å². The van der Waals surface area contributed by atoms with Crippen LogP contribution in [0, 0.1) is 0 Å². The molecule has 0 N–H and O–H groups in total. The minimum absolute atomic E-state index is 0. The van der Waals surface area contributed by atoms with Crippen molar-refractivity contribution >= 4 is 39.4 Å². The molecular formula is C32H52N2NiSi2. The molecule has 0 bridgehead atoms. The van der Waals surface area contributed by atoms with Gasteiger partial charge in [0.15, 0.2) is 0 Å². The molecule has 2 aromatic carbocycles. The van der Waals surface area contributed by atoms with Crippen LogP contribution < -0.4 is 0 Å². The summed E-state index contributed by atoms with van der Waals surface area (Å²) in [7, 11) is -2.09. The van der Waals surface area contributed by atoms with Crippen molar-refractivity contribution in [2.24, 2.45) is 9.98 Å². The van der Waals surface area contributed by atoms with Gasteiger partial charge in [0.05, 0.1) is 17.1 Å². The van der Waals surface area contributed by atoms with Crippen molar-refractivity contribution in [3.63, 3.8) is 0 Å². The molecule has 0 spiro atoms. The molecule has 2 aromatic rings. The van der Waals surface area contributed by atoms with E-state index in [4.69, 9.17) is 9.98 Å². The molecule has 0 amide bonds. The molecule has 37 heavy (non-hydrogen) atoms. The summed E-state index contributed by atoms with van der Waals surface area (Å²) in [6.07, 6.45) is 13.1. The fraction of sp³-hybridized carbons (Fsp3) is 0.562. The SMILES string of the molecule is CCCCCCCCC(C=Nc1cccc(CC[Si](C)(C)C)c1)=Nc1cccc(CC[Si](C)(C)C)c1.[Ni]. The van der Waals surface area contributed by atoms with Crippen LogP contribution >= 0.6 is 0 Å². The Kier molecular flexibility index (Phi) is 15.8. The van der Waals surface area contributed by atoms with E-state index in [0.29, 0.717) is 0 Å². The number of benzene rings is 2. The average molecular weight is 580 g/mol. The first-order chi connectivity index (χ1) is 17.0. The van der Waals surface area contributed by atoms with E-state index < -0.39 is 16.1 Å². The third-order valence-electron chi connectivity index (χ3n) is 6.57. The smallest absolute Gasteiger partial charge is 0.0636 e. The predicted octanol–water partition coefficient (Wildman–Crippen LogP) is 10.7. The van der Waals surface area contributed by atoms with Crippen LogP contribution in [-0.4, -0.2) is 28.1 Å². The predicted molar refractivity (Wildman–Crippen MR) is 170 cm³/mol. The van der Waals surface area contributed by atoms with Crippen LogP contribution in [0.25, 0.3) is 0 Å². The summed E-state index contributed by atoms with van der Waals surface area (Å²) in [6.45, 7) is 17.0. The second-order valence-corrected chi connectivity index (χ2v) is 24.1. The molecule has 2 rings (SSSR count). The summed E-state index contributed by atoms with van der Waals surface area (Å²) in [5.41, 5.74) is 6.02. The molecule has 5 heteroatoms. The van der Waals surface area contributed by atoms with Crippen LogP contribution in [-0.2, 0) is 29.3 Å². The molecular weight excluding hydrogens is 527 g/mol. The van der Waals surface area contributed by atoms with Gasteiger partial charge in [0.2, 0.25) is 0 Å². The third-order valence-corrected chi connectivity index (χ3v) is 10.1. The van der Waals surface area contributed by atoms with Gasteiger partial charge < -0.3 is 0 Å². The maximum Gasteiger partial charge on any atom is 0.0636 e. The van der Waals surface area contributed by atoms with E-state index in [1.807, 2.05) is 6.21 Å². The second kappa shape index (κ2) is 17.3. The van der Waals surface area contributed by atoms with E-state index in [9.17, 15) is 0 Å². The average Bonchev–Trinajstić information content (AvgIpc) is 2.81. The fourth-order valence-electron chi connectivity index (χ4n) is 4.16. The monoisotopic (exact) mass is 578 g/mol. The second-order valence-electron chi connectivity index (χ2n) is 12.8. The van der Waals surface area contributed by atoms with Crippen molar-refractivity contribution in [3.8, 4) is 0 Å². The Balaban J connectivity index is 0.00000684. The maximum atomic E-state index is 5.09. The summed E-state index contributed by atoms with van der Waals surface area (Å²) in [6, 6.07) is 20.3. The molecule has 0 saturated carbocycles. The molecule has 208 valence electrons. The van der Waals surface area contributed by atoms with Gasteiger partial charge in [0.1, 0.15) is 0 Å². The van der Waals surface area contributed by atoms with Crippen LogP contribution in [0.15, 0.2) is 58.5 Å². The van der Waals surface area contributed by atoms with Crippen LogP contribution in [0.3, 0.4) is 0 Å². The molecule has 0 atom stereocenters. The molecule has 0 aliphatic heterocycles. The summed E-state index contributed by atoms with van der Waals surface area (Å²) < 4.78 is 0. The van der Waals surface area contributed by atoms with Crippen molar-refractivity contribution in [2.75, 3.05) is 0 Å². The minimum Gasteiger partial charge on any atom is -0.255 e. The zero-order valence-electron chi connectivity index (χ0n) is 24.7. The molecule has 0 radical (unpaired) electrons. The fourth-order valence-corrected chi connectivity index (χ4v) is 6.24. The van der Waals surface area contributed by atoms with Gasteiger partial charge in [-0.15, -0.1) is 0 Å². The van der Waals surface area contributed by atoms with E-state index in [1.54, 1.807) is 0 Å². The Labute approximate surface area is 240 Å². The summed E-state index contributed by atoms with van der Waals surface area (Å²) >= 11 is 0. The van der Waals surface area contributed by atoms with Crippen molar-refractivity contribution in [1.29, 1.82) is 0 Å². The quantitative estimate of drug-likeness (QED) is 0.107. The van der Waals surface area contributed by atoms with Crippen LogP contribution in [0.4, 0.5) is 11.4 Å². The largest absolute Gasteiger partial charge is 0.255 e. The zero-order valence-corrected chi connectivity index (χ0v) is 27.7. The molecule has 0 fully saturated rings. The molecule has 0 aliphatic rings. The van der Waals surface area contributed by atoms with Crippen LogP contribution in [0.5, 0.6) is 0 Å². The van der Waals surface area contributed by atoms with Gasteiger partial charge in [-0.2, -0.15) is 0 Å². The number of aliphatic imine (C=N–C) groups is 2. The number of hydrogen-bond acceptors (Lipinski definition) is 2. The van der Waals surface area contributed by atoms with Gasteiger partial charge in [-0.25, -0.2) is 0 Å². The van der Waals surface area contributed by atoms with E-state index in [1.165, 1.54) is 61.7 Å². The van der Waals surface area contributed by atoms with Crippen molar-refractivity contribution in [1.82, 2.24) is 0 Å². The number of nitrogens with zero attached hydrogens (tertiary/aromatic N) is 2. The van der Waals surface area contributed by atoms with Crippen LogP contribution in [0.1, 0.15) is 63.0 Å². The summed E-state index contributed by atoms with van der Waals surface area (Å²) in [5.74, 6) is 0. The normalized spacial score (nSPS) is 12.7. The molecule has 2 nitrogen and oxygen atoms in total. The van der Waals surface area contributed by atoms with E-state index in [2.05, 4.69) is 94.7 Å².